The Labute approximate surface area is 63.9 Å². The Morgan fingerprint density at radius 1 is 1.55 bits per heavy atom. The number of nitrogens with zero attached hydrogens (tertiary/aromatic N) is 1. The standard InChI is InChI=1S/C8H7F2N/c1-3-7(5-11)8(10)4-6(2)9/h3-4H,2H2,1H3. The van der Waals surface area contributed by atoms with Crippen LogP contribution in [0.15, 0.2) is 36.0 Å². The number of hydrogen-bond donors (Lipinski definition) is 0. The maximum absolute atomic E-state index is 12.6. The lowest BCUT2D eigenvalue weighted by Gasteiger charge is -1.89. The molecule has 0 heterocycles. The second-order valence-electron chi connectivity index (χ2n) is 1.75. The number of allylic oxidation sites excluding steroid dienone is 5. The number of halogens is 2. The number of nitriles is 1. The molecule has 0 N–H and O–H groups in total. The summed E-state index contributed by atoms with van der Waals surface area (Å²) in [7, 11) is 0. The Bertz CT molecular complexity index is 256. The molecule has 0 rings (SSSR count). The van der Waals surface area contributed by atoms with Crippen LogP contribution in [0.2, 0.25) is 0 Å². The lowest BCUT2D eigenvalue weighted by Crippen LogP contribution is -1.78. The molecule has 0 spiro atoms. The molecular formula is C8H7F2N. The van der Waals surface area contributed by atoms with E-state index in [0.29, 0.717) is 6.08 Å². The van der Waals surface area contributed by atoms with E-state index in [4.69, 9.17) is 5.26 Å². The summed E-state index contributed by atoms with van der Waals surface area (Å²) in [6.07, 6.45) is 1.83. The predicted octanol–water partition coefficient (Wildman–Crippen LogP) is 2.79. The molecule has 0 aromatic carbocycles. The Balaban J connectivity index is 4.63. The first-order valence-corrected chi connectivity index (χ1v) is 2.90. The van der Waals surface area contributed by atoms with Crippen LogP contribution in [0.3, 0.4) is 0 Å². The minimum Gasteiger partial charge on any atom is -0.208 e. The van der Waals surface area contributed by atoms with Crippen LogP contribution in [0.1, 0.15) is 6.92 Å². The molecule has 0 atom stereocenters. The highest BCUT2D eigenvalue weighted by molar-refractivity contribution is 5.39. The monoisotopic (exact) mass is 155 g/mol. The highest BCUT2D eigenvalue weighted by atomic mass is 19.1. The van der Waals surface area contributed by atoms with Gasteiger partial charge in [-0.05, 0) is 6.92 Å². The van der Waals surface area contributed by atoms with Gasteiger partial charge in [0.2, 0.25) is 0 Å². The second kappa shape index (κ2) is 4.40. The molecule has 3 heteroatoms. The van der Waals surface area contributed by atoms with Crippen molar-refractivity contribution in [1.29, 1.82) is 5.26 Å². The Hall–Kier alpha value is -1.43. The van der Waals surface area contributed by atoms with Crippen LogP contribution in [-0.4, -0.2) is 0 Å². The average molecular weight is 155 g/mol. The number of hydrogen-bond acceptors (Lipinski definition) is 1. The molecule has 0 bridgehead atoms. The van der Waals surface area contributed by atoms with Crippen molar-refractivity contribution in [1.82, 2.24) is 0 Å². The van der Waals surface area contributed by atoms with Gasteiger partial charge in [0.25, 0.3) is 0 Å². The molecule has 0 aromatic rings. The quantitative estimate of drug-likeness (QED) is 0.444. The van der Waals surface area contributed by atoms with Gasteiger partial charge >= 0.3 is 0 Å². The zero-order valence-corrected chi connectivity index (χ0v) is 6.06. The topological polar surface area (TPSA) is 23.8 Å². The van der Waals surface area contributed by atoms with E-state index in [9.17, 15) is 8.78 Å². The van der Waals surface area contributed by atoms with Crippen molar-refractivity contribution in [2.45, 2.75) is 6.92 Å². The van der Waals surface area contributed by atoms with Crippen molar-refractivity contribution in [3.05, 3.63) is 36.0 Å². The van der Waals surface area contributed by atoms with Gasteiger partial charge in [0, 0.05) is 6.08 Å². The lowest BCUT2D eigenvalue weighted by atomic mass is 10.2. The summed E-state index contributed by atoms with van der Waals surface area (Å²) in [6.45, 7) is 4.32. The number of rotatable bonds is 2. The van der Waals surface area contributed by atoms with Crippen LogP contribution in [0.5, 0.6) is 0 Å². The van der Waals surface area contributed by atoms with Gasteiger partial charge in [-0.3, -0.25) is 0 Å². The Morgan fingerprint density at radius 3 is 2.36 bits per heavy atom. The van der Waals surface area contributed by atoms with Crippen molar-refractivity contribution < 1.29 is 8.78 Å². The summed E-state index contributed by atoms with van der Waals surface area (Å²) in [5, 5.41) is 8.26. The van der Waals surface area contributed by atoms with E-state index in [2.05, 4.69) is 6.58 Å². The van der Waals surface area contributed by atoms with E-state index >= 15 is 0 Å². The molecular weight excluding hydrogens is 148 g/mol. The van der Waals surface area contributed by atoms with Crippen LogP contribution >= 0.6 is 0 Å². The third-order valence-electron chi connectivity index (χ3n) is 0.950. The van der Waals surface area contributed by atoms with Gasteiger partial charge in [0.1, 0.15) is 17.7 Å². The van der Waals surface area contributed by atoms with Crippen LogP contribution in [0.4, 0.5) is 8.78 Å². The predicted molar refractivity (Wildman–Crippen MR) is 38.8 cm³/mol. The maximum atomic E-state index is 12.6. The van der Waals surface area contributed by atoms with Crippen molar-refractivity contribution in [2.75, 3.05) is 0 Å². The third-order valence-corrected chi connectivity index (χ3v) is 0.950. The first kappa shape index (κ1) is 9.57. The van der Waals surface area contributed by atoms with E-state index in [1.54, 1.807) is 6.07 Å². The normalized spacial score (nSPS) is 12.5. The van der Waals surface area contributed by atoms with Crippen LogP contribution in [0.25, 0.3) is 0 Å². The van der Waals surface area contributed by atoms with Crippen molar-refractivity contribution in [3.63, 3.8) is 0 Å². The molecule has 58 valence electrons. The maximum Gasteiger partial charge on any atom is 0.143 e. The minimum atomic E-state index is -0.905. The zero-order chi connectivity index (χ0) is 8.85. The van der Waals surface area contributed by atoms with Crippen LogP contribution in [-0.2, 0) is 0 Å². The molecule has 0 fully saturated rings. The molecule has 0 radical (unpaired) electrons. The smallest absolute Gasteiger partial charge is 0.143 e. The van der Waals surface area contributed by atoms with E-state index in [1.807, 2.05) is 0 Å². The largest absolute Gasteiger partial charge is 0.208 e. The summed E-state index contributed by atoms with van der Waals surface area (Å²) in [6, 6.07) is 1.57. The van der Waals surface area contributed by atoms with Gasteiger partial charge in [-0.15, -0.1) is 0 Å². The molecule has 0 saturated carbocycles. The molecule has 11 heavy (non-hydrogen) atoms. The fourth-order valence-electron chi connectivity index (χ4n) is 0.471. The SMILES string of the molecule is C=C(F)C=C(F)C(C#N)=CC. The summed E-state index contributed by atoms with van der Waals surface area (Å²) >= 11 is 0. The van der Waals surface area contributed by atoms with Gasteiger partial charge in [-0.25, -0.2) is 8.78 Å². The molecule has 1 nitrogen and oxygen atoms in total. The summed E-state index contributed by atoms with van der Waals surface area (Å²) in [5.41, 5.74) is -0.191. The van der Waals surface area contributed by atoms with E-state index < -0.39 is 11.7 Å². The highest BCUT2D eigenvalue weighted by Crippen LogP contribution is 2.12. The summed E-state index contributed by atoms with van der Waals surface area (Å²) < 4.78 is 24.5. The molecule has 0 aliphatic heterocycles. The van der Waals surface area contributed by atoms with Gasteiger partial charge in [-0.2, -0.15) is 5.26 Å². The van der Waals surface area contributed by atoms with Gasteiger partial charge in [0.15, 0.2) is 0 Å². The molecule has 0 amide bonds. The second-order valence-corrected chi connectivity index (χ2v) is 1.75. The third kappa shape index (κ3) is 3.31. The highest BCUT2D eigenvalue weighted by Gasteiger charge is 2.01. The Morgan fingerprint density at radius 2 is 2.09 bits per heavy atom. The molecule has 0 aliphatic rings. The Kier molecular flexibility index (Phi) is 3.82. The van der Waals surface area contributed by atoms with Crippen molar-refractivity contribution in [2.24, 2.45) is 0 Å². The van der Waals surface area contributed by atoms with Gasteiger partial charge in [-0.1, -0.05) is 12.7 Å². The van der Waals surface area contributed by atoms with Crippen molar-refractivity contribution >= 4 is 0 Å². The van der Waals surface area contributed by atoms with Crippen molar-refractivity contribution in [3.8, 4) is 6.07 Å². The lowest BCUT2D eigenvalue weighted by molar-refractivity contribution is 0.628. The molecule has 0 saturated heterocycles. The molecule has 0 aliphatic carbocycles. The minimum absolute atomic E-state index is 0.191. The van der Waals surface area contributed by atoms with Gasteiger partial charge < -0.3 is 0 Å². The zero-order valence-electron chi connectivity index (χ0n) is 6.06. The van der Waals surface area contributed by atoms with E-state index in [-0.39, 0.29) is 5.57 Å². The van der Waals surface area contributed by atoms with E-state index in [1.165, 1.54) is 13.0 Å². The first-order chi connectivity index (χ1) is 5.11. The summed E-state index contributed by atoms with van der Waals surface area (Å²) in [4.78, 5) is 0. The van der Waals surface area contributed by atoms with Crippen LogP contribution in [0, 0.1) is 11.3 Å². The molecule has 0 unspecified atom stereocenters. The average Bonchev–Trinajstić information content (AvgIpc) is 1.88. The van der Waals surface area contributed by atoms with E-state index in [0.717, 1.165) is 0 Å². The fraction of sp³-hybridized carbons (Fsp3) is 0.125. The van der Waals surface area contributed by atoms with Crippen LogP contribution < -0.4 is 0 Å². The molecule has 0 aromatic heterocycles. The first-order valence-electron chi connectivity index (χ1n) is 2.90. The van der Waals surface area contributed by atoms with Gasteiger partial charge in [0.05, 0.1) is 5.57 Å². The summed E-state index contributed by atoms with van der Waals surface area (Å²) in [5.74, 6) is -1.81. The fourth-order valence-corrected chi connectivity index (χ4v) is 0.471.